The maximum absolute atomic E-state index is 13.4. The molecule has 2 aromatic carbocycles. The molecule has 0 bridgehead atoms. The number of hydrogen-bond acceptors (Lipinski definition) is 6. The van der Waals surface area contributed by atoms with Crippen molar-refractivity contribution in [2.45, 2.75) is 122 Å². The molecule has 0 N–H and O–H groups in total. The lowest BCUT2D eigenvalue weighted by atomic mass is 9.92. The van der Waals surface area contributed by atoms with Crippen LogP contribution in [0.15, 0.2) is 60.7 Å². The van der Waals surface area contributed by atoms with E-state index in [2.05, 4.69) is 6.92 Å². The summed E-state index contributed by atoms with van der Waals surface area (Å²) in [5.74, 6) is -1.85. The molecule has 1 aliphatic heterocycles. The molecule has 2 fully saturated rings. The molecule has 2 aromatic rings. The fourth-order valence-electron chi connectivity index (χ4n) is 5.83. The van der Waals surface area contributed by atoms with Crippen molar-refractivity contribution in [3.63, 3.8) is 0 Å². The van der Waals surface area contributed by atoms with Crippen LogP contribution in [-0.2, 0) is 41.8 Å². The predicted molar refractivity (Wildman–Crippen MR) is 154 cm³/mol. The lowest BCUT2D eigenvalue weighted by molar-refractivity contribution is -0.202. The Balaban J connectivity index is 1.49. The smallest absolute Gasteiger partial charge is 0.339 e. The van der Waals surface area contributed by atoms with E-state index in [9.17, 15) is 9.59 Å². The summed E-state index contributed by atoms with van der Waals surface area (Å²) in [5, 5.41) is 0. The Morgan fingerprint density at radius 3 is 1.57 bits per heavy atom. The number of rotatable bonds is 6. The van der Waals surface area contributed by atoms with Gasteiger partial charge in [0, 0.05) is 12.8 Å². The average Bonchev–Trinajstić information content (AvgIpc) is 3.35. The summed E-state index contributed by atoms with van der Waals surface area (Å²) < 4.78 is 24.3. The third-order valence-electron chi connectivity index (χ3n) is 8.03. The number of benzene rings is 2. The Labute approximate surface area is 239 Å². The van der Waals surface area contributed by atoms with E-state index in [1.807, 2.05) is 60.7 Å². The second-order valence-electron chi connectivity index (χ2n) is 11.6. The highest BCUT2D eigenvalue weighted by Gasteiger charge is 2.54. The quantitative estimate of drug-likeness (QED) is 0.344. The van der Waals surface area contributed by atoms with Gasteiger partial charge in [-0.2, -0.15) is 0 Å². The van der Waals surface area contributed by atoms with Gasteiger partial charge in [0.1, 0.15) is 13.2 Å². The first kappa shape index (κ1) is 30.3. The summed E-state index contributed by atoms with van der Waals surface area (Å²) in [6.45, 7) is 2.43. The Kier molecular flexibility index (Phi) is 12.0. The van der Waals surface area contributed by atoms with Gasteiger partial charge < -0.3 is 18.9 Å². The van der Waals surface area contributed by atoms with Crippen molar-refractivity contribution in [2.75, 3.05) is 0 Å². The maximum Gasteiger partial charge on any atom is 0.339 e. The fraction of sp³-hybridized carbons (Fsp3) is 0.588. The van der Waals surface area contributed by atoms with Crippen LogP contribution in [0.1, 0.15) is 102 Å². The van der Waals surface area contributed by atoms with Crippen LogP contribution in [0.25, 0.3) is 0 Å². The Bertz CT molecular complexity index is 960. The molecule has 0 aromatic heterocycles. The Morgan fingerprint density at radius 1 is 0.675 bits per heavy atom. The molecule has 1 heterocycles. The summed E-state index contributed by atoms with van der Waals surface area (Å²) in [6.07, 6.45) is 12.1. The second-order valence-corrected chi connectivity index (χ2v) is 11.6. The summed E-state index contributed by atoms with van der Waals surface area (Å²) in [5.41, 5.74) is 1.74. The largest absolute Gasteiger partial charge is 0.459 e. The topological polar surface area (TPSA) is 71.1 Å². The van der Waals surface area contributed by atoms with Crippen molar-refractivity contribution in [1.29, 1.82) is 0 Å². The third-order valence-corrected chi connectivity index (χ3v) is 8.03. The van der Waals surface area contributed by atoms with Gasteiger partial charge in [-0.25, -0.2) is 9.59 Å². The number of carbonyl (C=O) groups excluding carboxylic acids is 2. The molecular weight excluding hydrogens is 504 g/mol. The van der Waals surface area contributed by atoms with E-state index < -0.39 is 29.9 Å². The molecule has 40 heavy (non-hydrogen) atoms. The summed E-state index contributed by atoms with van der Waals surface area (Å²) in [7, 11) is 0. The highest BCUT2D eigenvalue weighted by molar-refractivity contribution is 5.86. The van der Waals surface area contributed by atoms with Crippen LogP contribution >= 0.6 is 0 Å². The molecule has 4 rings (SSSR count). The van der Waals surface area contributed by atoms with Crippen LogP contribution in [0.3, 0.4) is 0 Å². The zero-order valence-electron chi connectivity index (χ0n) is 24.1. The zero-order chi connectivity index (χ0) is 28.0. The molecule has 0 amide bonds. The Hall–Kier alpha value is -2.70. The Morgan fingerprint density at radius 2 is 1.10 bits per heavy atom. The monoisotopic (exact) mass is 550 g/mol. The molecule has 3 atom stereocenters. The first-order chi connectivity index (χ1) is 19.5. The number of hydrogen-bond donors (Lipinski definition) is 0. The van der Waals surface area contributed by atoms with Crippen LogP contribution in [0.4, 0.5) is 0 Å². The van der Waals surface area contributed by atoms with E-state index >= 15 is 0 Å². The molecule has 0 unspecified atom stereocenters. The van der Waals surface area contributed by atoms with E-state index in [1.165, 1.54) is 51.4 Å². The molecule has 1 aliphatic carbocycles. The lowest BCUT2D eigenvalue weighted by Crippen LogP contribution is -2.39. The van der Waals surface area contributed by atoms with Crippen LogP contribution in [-0.4, -0.2) is 29.9 Å². The molecule has 218 valence electrons. The van der Waals surface area contributed by atoms with Gasteiger partial charge in [-0.05, 0) is 23.5 Å². The highest BCUT2D eigenvalue weighted by Crippen LogP contribution is 2.40. The maximum atomic E-state index is 13.4. The fourth-order valence-corrected chi connectivity index (χ4v) is 5.83. The van der Waals surface area contributed by atoms with Gasteiger partial charge in [0.2, 0.25) is 0 Å². The lowest BCUT2D eigenvalue weighted by Gasteiger charge is -2.31. The number of carbonyl (C=O) groups is 2. The first-order valence-corrected chi connectivity index (χ1v) is 15.3. The van der Waals surface area contributed by atoms with Crippen LogP contribution in [0, 0.1) is 5.92 Å². The van der Waals surface area contributed by atoms with Gasteiger partial charge in [-0.3, -0.25) is 0 Å². The van der Waals surface area contributed by atoms with E-state index in [0.29, 0.717) is 18.8 Å². The highest BCUT2D eigenvalue weighted by atomic mass is 16.8. The van der Waals surface area contributed by atoms with Gasteiger partial charge >= 0.3 is 11.9 Å². The van der Waals surface area contributed by atoms with Crippen LogP contribution in [0.2, 0.25) is 0 Å². The minimum absolute atomic E-state index is 0.106. The SMILES string of the molecule is C[C@@H]1CCCCCCCCCCCCC2(C1)O[C@@H](C(=O)OCc1ccccc1)[C@H](C(=O)OCc1ccccc1)O2. The van der Waals surface area contributed by atoms with Crippen molar-refractivity contribution in [3.8, 4) is 0 Å². The standard InChI is InChI=1S/C34H46O6/c1-27-18-12-8-6-4-2-3-5-7-9-17-23-34(24-27)39-30(32(35)37-25-28-19-13-10-14-20-28)31(40-34)33(36)38-26-29-21-15-11-16-22-29/h10-11,13-16,19-22,27,30-31H,2-9,12,17-18,23-26H2,1H3/t27-,30-,31-/m1/s1. The summed E-state index contributed by atoms with van der Waals surface area (Å²) in [4.78, 5) is 26.8. The number of ether oxygens (including phenoxy) is 4. The minimum atomic E-state index is -1.17. The number of esters is 2. The van der Waals surface area contributed by atoms with Gasteiger partial charge in [0.25, 0.3) is 0 Å². The molecule has 1 saturated carbocycles. The average molecular weight is 551 g/mol. The molecule has 6 nitrogen and oxygen atoms in total. The zero-order valence-corrected chi connectivity index (χ0v) is 24.1. The van der Waals surface area contributed by atoms with Gasteiger partial charge in [-0.15, -0.1) is 0 Å². The van der Waals surface area contributed by atoms with E-state index in [1.54, 1.807) is 0 Å². The van der Waals surface area contributed by atoms with E-state index in [4.69, 9.17) is 18.9 Å². The van der Waals surface area contributed by atoms with Gasteiger partial charge in [-0.1, -0.05) is 132 Å². The van der Waals surface area contributed by atoms with Crippen LogP contribution in [0.5, 0.6) is 0 Å². The van der Waals surface area contributed by atoms with Crippen molar-refractivity contribution >= 4 is 11.9 Å². The van der Waals surface area contributed by atoms with Crippen molar-refractivity contribution < 1.29 is 28.5 Å². The second kappa shape index (κ2) is 15.9. The predicted octanol–water partition coefficient (Wildman–Crippen LogP) is 7.67. The molecule has 0 radical (unpaired) electrons. The molecular formula is C34H46O6. The van der Waals surface area contributed by atoms with Crippen molar-refractivity contribution in [3.05, 3.63) is 71.8 Å². The molecule has 1 spiro atoms. The minimum Gasteiger partial charge on any atom is -0.459 e. The summed E-state index contributed by atoms with van der Waals surface area (Å²) >= 11 is 0. The van der Waals surface area contributed by atoms with Crippen molar-refractivity contribution in [2.24, 2.45) is 5.92 Å². The normalized spacial score (nSPS) is 24.5. The molecule has 1 saturated heterocycles. The van der Waals surface area contributed by atoms with E-state index in [-0.39, 0.29) is 13.2 Å². The third kappa shape index (κ3) is 9.45. The first-order valence-electron chi connectivity index (χ1n) is 15.3. The summed E-state index contributed by atoms with van der Waals surface area (Å²) in [6, 6.07) is 19.0. The van der Waals surface area contributed by atoms with Crippen molar-refractivity contribution in [1.82, 2.24) is 0 Å². The van der Waals surface area contributed by atoms with Gasteiger partial charge in [0.05, 0.1) is 0 Å². The van der Waals surface area contributed by atoms with Gasteiger partial charge in [0.15, 0.2) is 18.0 Å². The molecule has 6 heteroatoms. The molecule has 2 aliphatic rings. The van der Waals surface area contributed by atoms with Crippen LogP contribution < -0.4 is 0 Å². The van der Waals surface area contributed by atoms with E-state index in [0.717, 1.165) is 30.4 Å².